The summed E-state index contributed by atoms with van der Waals surface area (Å²) in [6.07, 6.45) is 2.34. The third-order valence-corrected chi connectivity index (χ3v) is 7.89. The van der Waals surface area contributed by atoms with Crippen molar-refractivity contribution in [2.45, 2.75) is 39.3 Å². The van der Waals surface area contributed by atoms with Crippen molar-refractivity contribution in [3.05, 3.63) is 132 Å². The zero-order chi connectivity index (χ0) is 31.1. The van der Waals surface area contributed by atoms with E-state index < -0.39 is 5.97 Å². The zero-order valence-electron chi connectivity index (χ0n) is 25.1. The van der Waals surface area contributed by atoms with Crippen LogP contribution >= 0.6 is 0 Å². The molecule has 0 spiro atoms. The van der Waals surface area contributed by atoms with Gasteiger partial charge in [0.15, 0.2) is 0 Å². The first-order chi connectivity index (χ1) is 21.3. The van der Waals surface area contributed by atoms with E-state index in [-0.39, 0.29) is 30.8 Å². The van der Waals surface area contributed by atoms with E-state index in [1.807, 2.05) is 110 Å². The standard InChI is InChI=1S/C37H37N3O4/c1-26(2)40(25-27-12-4-3-5-13-27)37(44)33-18-9-7-16-31(33)30-15-6-8-17-32(30)36(43)39(23-21-35(41)42)22-20-28-24-38-34-19-11-10-14-29(28)34/h3-19,24,26,38H,20-23,25H2,1-2H3,(H,41,42). The predicted octanol–water partition coefficient (Wildman–Crippen LogP) is 7.05. The molecule has 1 heterocycles. The van der Waals surface area contributed by atoms with Gasteiger partial charge in [0.2, 0.25) is 0 Å². The third-order valence-electron chi connectivity index (χ3n) is 7.89. The van der Waals surface area contributed by atoms with Crippen LogP contribution in [0.2, 0.25) is 0 Å². The molecule has 2 amide bonds. The highest BCUT2D eigenvalue weighted by Crippen LogP contribution is 2.30. The molecular weight excluding hydrogens is 550 g/mol. The molecule has 0 aliphatic carbocycles. The van der Waals surface area contributed by atoms with E-state index >= 15 is 0 Å². The molecule has 0 aliphatic heterocycles. The number of benzene rings is 4. The second-order valence-corrected chi connectivity index (χ2v) is 11.1. The molecule has 0 aliphatic rings. The fourth-order valence-electron chi connectivity index (χ4n) is 5.54. The molecule has 0 saturated carbocycles. The lowest BCUT2D eigenvalue weighted by molar-refractivity contribution is -0.137. The molecular formula is C37H37N3O4. The fourth-order valence-corrected chi connectivity index (χ4v) is 5.54. The molecule has 5 aromatic rings. The minimum absolute atomic E-state index is 0.0522. The number of aliphatic carboxylic acids is 1. The molecule has 0 saturated heterocycles. The summed E-state index contributed by atoms with van der Waals surface area (Å²) in [4.78, 5) is 46.5. The van der Waals surface area contributed by atoms with Crippen LogP contribution in [0.1, 0.15) is 52.1 Å². The van der Waals surface area contributed by atoms with Gasteiger partial charge in [0.1, 0.15) is 0 Å². The summed E-state index contributed by atoms with van der Waals surface area (Å²) < 4.78 is 0. The number of H-pyrrole nitrogens is 1. The van der Waals surface area contributed by atoms with Crippen LogP contribution in [-0.4, -0.2) is 56.8 Å². The van der Waals surface area contributed by atoms with Gasteiger partial charge in [-0.1, -0.05) is 84.9 Å². The van der Waals surface area contributed by atoms with Crippen LogP contribution in [0.5, 0.6) is 0 Å². The average molecular weight is 588 g/mol. The van der Waals surface area contributed by atoms with Gasteiger partial charge in [-0.15, -0.1) is 0 Å². The third kappa shape index (κ3) is 6.89. The lowest BCUT2D eigenvalue weighted by Gasteiger charge is -2.28. The van der Waals surface area contributed by atoms with Gasteiger partial charge in [0.05, 0.1) is 6.42 Å². The Kier molecular flexibility index (Phi) is 9.55. The number of amides is 2. The largest absolute Gasteiger partial charge is 0.481 e. The van der Waals surface area contributed by atoms with Crippen molar-refractivity contribution >= 4 is 28.7 Å². The molecule has 1 aromatic heterocycles. The Bertz CT molecular complexity index is 1760. The fraction of sp³-hybridized carbons (Fsp3) is 0.216. The van der Waals surface area contributed by atoms with Crippen LogP contribution in [0.3, 0.4) is 0 Å². The highest BCUT2D eigenvalue weighted by atomic mass is 16.4. The Morgan fingerprint density at radius 3 is 1.98 bits per heavy atom. The molecule has 2 N–H and O–H groups in total. The van der Waals surface area contributed by atoms with Gasteiger partial charge in [-0.3, -0.25) is 14.4 Å². The number of carboxylic acid groups (broad SMARTS) is 1. The van der Waals surface area contributed by atoms with Crippen LogP contribution in [-0.2, 0) is 17.8 Å². The van der Waals surface area contributed by atoms with Crippen molar-refractivity contribution in [2.24, 2.45) is 0 Å². The smallest absolute Gasteiger partial charge is 0.305 e. The van der Waals surface area contributed by atoms with Crippen LogP contribution in [0.4, 0.5) is 0 Å². The number of aromatic amines is 1. The molecule has 4 aromatic carbocycles. The number of nitrogens with zero attached hydrogens (tertiary/aromatic N) is 2. The van der Waals surface area contributed by atoms with E-state index in [4.69, 9.17) is 0 Å². The molecule has 0 radical (unpaired) electrons. The number of carboxylic acids is 1. The highest BCUT2D eigenvalue weighted by molar-refractivity contribution is 6.06. The lowest BCUT2D eigenvalue weighted by Crippen LogP contribution is -2.37. The molecule has 5 rings (SSSR count). The Morgan fingerprint density at radius 2 is 1.32 bits per heavy atom. The predicted molar refractivity (Wildman–Crippen MR) is 173 cm³/mol. The van der Waals surface area contributed by atoms with E-state index in [1.165, 1.54) is 0 Å². The van der Waals surface area contributed by atoms with E-state index in [0.717, 1.165) is 22.0 Å². The van der Waals surface area contributed by atoms with E-state index in [9.17, 15) is 19.5 Å². The summed E-state index contributed by atoms with van der Waals surface area (Å²) in [6, 6.07) is 32.4. The van der Waals surface area contributed by atoms with E-state index in [2.05, 4.69) is 4.98 Å². The van der Waals surface area contributed by atoms with Crippen molar-refractivity contribution in [2.75, 3.05) is 13.1 Å². The molecule has 0 unspecified atom stereocenters. The number of carbonyl (C=O) groups excluding carboxylic acids is 2. The molecule has 224 valence electrons. The SMILES string of the molecule is CC(C)N(Cc1ccccc1)C(=O)c1ccccc1-c1ccccc1C(=O)N(CCC(=O)O)CCc1c[nH]c2ccccc12. The number of rotatable bonds is 12. The molecule has 44 heavy (non-hydrogen) atoms. The number of fused-ring (bicyclic) bond motifs is 1. The number of hydrogen-bond acceptors (Lipinski definition) is 3. The van der Waals surface area contributed by atoms with Gasteiger partial charge in [0.25, 0.3) is 11.8 Å². The summed E-state index contributed by atoms with van der Waals surface area (Å²) in [5.41, 5.74) is 5.34. The first-order valence-corrected chi connectivity index (χ1v) is 14.9. The number of carbonyl (C=O) groups is 3. The van der Waals surface area contributed by atoms with Gasteiger partial charge in [-0.2, -0.15) is 0 Å². The van der Waals surface area contributed by atoms with Crippen LogP contribution in [0, 0.1) is 0 Å². The monoisotopic (exact) mass is 587 g/mol. The Balaban J connectivity index is 1.47. The highest BCUT2D eigenvalue weighted by Gasteiger charge is 2.26. The normalized spacial score (nSPS) is 11.1. The Labute approximate surface area is 257 Å². The van der Waals surface area contributed by atoms with Crippen molar-refractivity contribution in [3.63, 3.8) is 0 Å². The summed E-state index contributed by atoms with van der Waals surface area (Å²) in [5, 5.41) is 10.5. The van der Waals surface area contributed by atoms with Crippen LogP contribution in [0.15, 0.2) is 109 Å². The Morgan fingerprint density at radius 1 is 0.727 bits per heavy atom. The van der Waals surface area contributed by atoms with Crippen LogP contribution in [0.25, 0.3) is 22.0 Å². The van der Waals surface area contributed by atoms with Crippen LogP contribution < -0.4 is 0 Å². The number of aromatic nitrogens is 1. The van der Waals surface area contributed by atoms with E-state index in [0.29, 0.717) is 41.8 Å². The number of nitrogens with one attached hydrogen (secondary N) is 1. The first kappa shape index (κ1) is 30.3. The van der Waals surface area contributed by atoms with Gasteiger partial charge in [-0.05, 0) is 60.7 Å². The van der Waals surface area contributed by atoms with Crippen molar-refractivity contribution in [1.29, 1.82) is 0 Å². The molecule has 7 heteroatoms. The lowest BCUT2D eigenvalue weighted by atomic mass is 9.93. The Hall–Kier alpha value is -5.17. The summed E-state index contributed by atoms with van der Waals surface area (Å²) in [7, 11) is 0. The maximum atomic E-state index is 14.2. The second-order valence-electron chi connectivity index (χ2n) is 11.1. The van der Waals surface area contributed by atoms with Crippen molar-refractivity contribution in [1.82, 2.24) is 14.8 Å². The summed E-state index contributed by atoms with van der Waals surface area (Å²) in [6.45, 7) is 4.87. The van der Waals surface area contributed by atoms with Crippen molar-refractivity contribution in [3.8, 4) is 11.1 Å². The maximum Gasteiger partial charge on any atom is 0.305 e. The summed E-state index contributed by atoms with van der Waals surface area (Å²) in [5.74, 6) is -1.36. The second kappa shape index (κ2) is 13.9. The molecule has 0 atom stereocenters. The maximum absolute atomic E-state index is 14.2. The van der Waals surface area contributed by atoms with Crippen molar-refractivity contribution < 1.29 is 19.5 Å². The van der Waals surface area contributed by atoms with Gasteiger partial charge in [0, 0.05) is 53.9 Å². The van der Waals surface area contributed by atoms with Gasteiger partial charge < -0.3 is 19.9 Å². The van der Waals surface area contributed by atoms with Gasteiger partial charge in [-0.25, -0.2) is 0 Å². The molecule has 7 nitrogen and oxygen atoms in total. The minimum Gasteiger partial charge on any atom is -0.481 e. The number of hydrogen-bond donors (Lipinski definition) is 2. The van der Waals surface area contributed by atoms with E-state index in [1.54, 1.807) is 23.1 Å². The molecule has 0 bridgehead atoms. The molecule has 0 fully saturated rings. The zero-order valence-corrected chi connectivity index (χ0v) is 25.1. The average Bonchev–Trinajstić information content (AvgIpc) is 3.46. The number of para-hydroxylation sites is 1. The summed E-state index contributed by atoms with van der Waals surface area (Å²) >= 11 is 0. The quantitative estimate of drug-likeness (QED) is 0.164. The minimum atomic E-state index is -0.966. The topological polar surface area (TPSA) is 93.7 Å². The first-order valence-electron chi connectivity index (χ1n) is 14.9. The van der Waals surface area contributed by atoms with Gasteiger partial charge >= 0.3 is 5.97 Å².